The predicted octanol–water partition coefficient (Wildman–Crippen LogP) is 1.30. The molecule has 1 aromatic heterocycles. The third kappa shape index (κ3) is 3.02. The molecule has 1 unspecified atom stereocenters. The van der Waals surface area contributed by atoms with Crippen molar-refractivity contribution in [2.45, 2.75) is 19.4 Å². The molecule has 2 rings (SSSR count). The van der Waals surface area contributed by atoms with Crippen molar-refractivity contribution in [2.75, 3.05) is 24.6 Å². The maximum absolute atomic E-state index is 11.1. The average molecular weight is 281 g/mol. The van der Waals surface area contributed by atoms with Crippen molar-refractivity contribution in [1.82, 2.24) is 4.98 Å². The summed E-state index contributed by atoms with van der Waals surface area (Å²) in [6.45, 7) is 3.80. The Morgan fingerprint density at radius 3 is 3.05 bits per heavy atom. The van der Waals surface area contributed by atoms with E-state index in [9.17, 15) is 14.9 Å². The van der Waals surface area contributed by atoms with E-state index in [-0.39, 0.29) is 11.7 Å². The quantitative estimate of drug-likeness (QED) is 0.657. The Bertz CT molecular complexity index is 534. The molecular weight excluding hydrogens is 266 g/mol. The first-order valence-corrected chi connectivity index (χ1v) is 6.23. The highest BCUT2D eigenvalue weighted by atomic mass is 16.6. The van der Waals surface area contributed by atoms with Crippen LogP contribution in [0, 0.1) is 10.1 Å². The molecule has 0 radical (unpaired) electrons. The van der Waals surface area contributed by atoms with Gasteiger partial charge in [0.1, 0.15) is 17.6 Å². The van der Waals surface area contributed by atoms with Crippen LogP contribution in [0.4, 0.5) is 11.5 Å². The Kier molecular flexibility index (Phi) is 4.14. The lowest BCUT2D eigenvalue weighted by atomic mass is 10.2. The van der Waals surface area contributed by atoms with Gasteiger partial charge in [-0.05, 0) is 13.3 Å². The van der Waals surface area contributed by atoms with Gasteiger partial charge in [-0.2, -0.15) is 0 Å². The molecule has 1 atom stereocenters. The molecule has 1 aliphatic rings. The molecule has 0 bridgehead atoms. The summed E-state index contributed by atoms with van der Waals surface area (Å²) in [5, 5.41) is 19.9. The maximum atomic E-state index is 11.1. The molecule has 20 heavy (non-hydrogen) atoms. The summed E-state index contributed by atoms with van der Waals surface area (Å²) in [6.07, 6.45) is 1.79. The van der Waals surface area contributed by atoms with E-state index in [0.717, 1.165) is 12.6 Å². The number of anilines is 1. The first-order chi connectivity index (χ1) is 9.49. The fourth-order valence-electron chi connectivity index (χ4n) is 2.13. The Balaban J connectivity index is 2.35. The minimum absolute atomic E-state index is 0.00256. The maximum Gasteiger partial charge on any atom is 0.342 e. The standard InChI is InChI=1S/C12H15N3O5/c1-8-7-14(3-2-4-20-8)11-5-9(12(16)17)10(6-13-11)15(18)19/h5-6,8H,2-4,7H2,1H3,(H,16,17). The molecule has 2 heterocycles. The highest BCUT2D eigenvalue weighted by Gasteiger charge is 2.24. The Morgan fingerprint density at radius 2 is 2.40 bits per heavy atom. The molecular formula is C12H15N3O5. The number of aromatic carboxylic acids is 1. The second kappa shape index (κ2) is 5.83. The van der Waals surface area contributed by atoms with Crippen LogP contribution < -0.4 is 4.90 Å². The molecule has 0 saturated carbocycles. The number of carbonyl (C=O) groups is 1. The lowest BCUT2D eigenvalue weighted by molar-refractivity contribution is -0.385. The van der Waals surface area contributed by atoms with Gasteiger partial charge in [-0.25, -0.2) is 9.78 Å². The molecule has 1 saturated heterocycles. The molecule has 1 aliphatic heterocycles. The van der Waals surface area contributed by atoms with Crippen LogP contribution in [0.3, 0.4) is 0 Å². The fraction of sp³-hybridized carbons (Fsp3) is 0.500. The van der Waals surface area contributed by atoms with Crippen LogP contribution >= 0.6 is 0 Å². The Labute approximate surface area is 115 Å². The summed E-state index contributed by atoms with van der Waals surface area (Å²) >= 11 is 0. The molecule has 0 aromatic carbocycles. The Morgan fingerprint density at radius 1 is 1.65 bits per heavy atom. The summed E-state index contributed by atoms with van der Waals surface area (Å²) in [4.78, 5) is 27.1. The van der Waals surface area contributed by atoms with E-state index < -0.39 is 16.6 Å². The third-order valence-electron chi connectivity index (χ3n) is 3.07. The predicted molar refractivity (Wildman–Crippen MR) is 70.1 cm³/mol. The van der Waals surface area contributed by atoms with Crippen molar-refractivity contribution in [3.8, 4) is 0 Å². The van der Waals surface area contributed by atoms with Gasteiger partial charge < -0.3 is 14.7 Å². The monoisotopic (exact) mass is 281 g/mol. The van der Waals surface area contributed by atoms with Crippen molar-refractivity contribution in [3.05, 3.63) is 27.9 Å². The number of pyridine rings is 1. The van der Waals surface area contributed by atoms with E-state index in [2.05, 4.69) is 4.98 Å². The van der Waals surface area contributed by atoms with Crippen molar-refractivity contribution < 1.29 is 19.6 Å². The van der Waals surface area contributed by atoms with Crippen LogP contribution in [-0.2, 0) is 4.74 Å². The van der Waals surface area contributed by atoms with Crippen molar-refractivity contribution in [2.24, 2.45) is 0 Å². The zero-order valence-corrected chi connectivity index (χ0v) is 11.0. The lowest BCUT2D eigenvalue weighted by Crippen LogP contribution is -2.31. The minimum atomic E-state index is -1.33. The van der Waals surface area contributed by atoms with E-state index in [1.807, 2.05) is 11.8 Å². The van der Waals surface area contributed by atoms with Gasteiger partial charge in [0.25, 0.3) is 0 Å². The first kappa shape index (κ1) is 14.2. The van der Waals surface area contributed by atoms with Gasteiger partial charge >= 0.3 is 11.7 Å². The van der Waals surface area contributed by atoms with Gasteiger partial charge in [0, 0.05) is 25.8 Å². The number of carboxylic acids is 1. The number of aromatic nitrogens is 1. The summed E-state index contributed by atoms with van der Waals surface area (Å²) in [5.41, 5.74) is -0.849. The molecule has 8 nitrogen and oxygen atoms in total. The normalized spacial score (nSPS) is 19.4. The molecule has 0 aliphatic carbocycles. The number of nitrogens with zero attached hydrogens (tertiary/aromatic N) is 3. The second-order valence-corrected chi connectivity index (χ2v) is 4.60. The van der Waals surface area contributed by atoms with E-state index in [0.29, 0.717) is 25.5 Å². The van der Waals surface area contributed by atoms with E-state index >= 15 is 0 Å². The molecule has 8 heteroatoms. The average Bonchev–Trinajstić information content (AvgIpc) is 2.62. The van der Waals surface area contributed by atoms with Crippen LogP contribution in [0.5, 0.6) is 0 Å². The van der Waals surface area contributed by atoms with Gasteiger partial charge in [-0.15, -0.1) is 0 Å². The number of hydrogen-bond donors (Lipinski definition) is 1. The van der Waals surface area contributed by atoms with E-state index in [4.69, 9.17) is 9.84 Å². The largest absolute Gasteiger partial charge is 0.477 e. The van der Waals surface area contributed by atoms with Crippen LogP contribution in [0.25, 0.3) is 0 Å². The third-order valence-corrected chi connectivity index (χ3v) is 3.07. The van der Waals surface area contributed by atoms with Crippen molar-refractivity contribution in [3.63, 3.8) is 0 Å². The number of rotatable bonds is 3. The van der Waals surface area contributed by atoms with Gasteiger partial charge in [0.15, 0.2) is 0 Å². The topological polar surface area (TPSA) is 106 Å². The first-order valence-electron chi connectivity index (χ1n) is 6.23. The number of nitro groups is 1. The summed E-state index contributed by atoms with van der Waals surface area (Å²) in [5.74, 6) is -0.912. The number of ether oxygens (including phenoxy) is 1. The molecule has 1 aromatic rings. The molecule has 108 valence electrons. The minimum Gasteiger partial charge on any atom is -0.477 e. The summed E-state index contributed by atoms with van der Waals surface area (Å²) < 4.78 is 5.50. The van der Waals surface area contributed by atoms with Crippen LogP contribution in [0.15, 0.2) is 12.3 Å². The van der Waals surface area contributed by atoms with Crippen molar-refractivity contribution >= 4 is 17.5 Å². The highest BCUT2D eigenvalue weighted by molar-refractivity contribution is 5.93. The molecule has 0 spiro atoms. The Hall–Kier alpha value is -2.22. The molecule has 0 amide bonds. The van der Waals surface area contributed by atoms with Gasteiger partial charge in [0.2, 0.25) is 0 Å². The molecule has 1 fully saturated rings. The second-order valence-electron chi connectivity index (χ2n) is 4.60. The number of hydrogen-bond acceptors (Lipinski definition) is 6. The summed E-state index contributed by atoms with van der Waals surface area (Å²) in [7, 11) is 0. The van der Waals surface area contributed by atoms with Crippen LogP contribution in [-0.4, -0.2) is 46.8 Å². The van der Waals surface area contributed by atoms with Gasteiger partial charge in [-0.1, -0.05) is 0 Å². The smallest absolute Gasteiger partial charge is 0.342 e. The lowest BCUT2D eigenvalue weighted by Gasteiger charge is -2.23. The SMILES string of the molecule is CC1CN(c2cc(C(=O)O)c([N+](=O)[O-])cn2)CCCO1. The van der Waals surface area contributed by atoms with Gasteiger partial charge in [0.05, 0.1) is 11.0 Å². The highest BCUT2D eigenvalue weighted by Crippen LogP contribution is 2.23. The van der Waals surface area contributed by atoms with E-state index in [1.165, 1.54) is 6.07 Å². The van der Waals surface area contributed by atoms with Gasteiger partial charge in [-0.3, -0.25) is 10.1 Å². The van der Waals surface area contributed by atoms with Crippen molar-refractivity contribution in [1.29, 1.82) is 0 Å². The zero-order chi connectivity index (χ0) is 14.7. The fourth-order valence-corrected chi connectivity index (χ4v) is 2.13. The zero-order valence-electron chi connectivity index (χ0n) is 11.0. The number of carboxylic acid groups (broad SMARTS) is 1. The van der Waals surface area contributed by atoms with Crippen LogP contribution in [0.2, 0.25) is 0 Å². The van der Waals surface area contributed by atoms with Crippen LogP contribution in [0.1, 0.15) is 23.7 Å². The summed E-state index contributed by atoms with van der Waals surface area (Å²) in [6, 6.07) is 1.25. The molecule has 1 N–H and O–H groups in total. The van der Waals surface area contributed by atoms with E-state index in [1.54, 1.807) is 0 Å².